The largest absolute Gasteiger partial charge is 0.391 e. The molecular weight excluding hydrogens is 273 g/mol. The Bertz CT molecular complexity index is 428. The number of aliphatic hydroxyl groups excluding tert-OH is 1. The highest BCUT2D eigenvalue weighted by Crippen LogP contribution is 2.29. The normalized spacial score (nSPS) is 24.6. The topological polar surface area (TPSA) is 71.2 Å². The molecule has 1 aliphatic rings. The number of hydrogen-bond acceptors (Lipinski definition) is 4. The second-order valence-electron chi connectivity index (χ2n) is 4.64. The number of aliphatic hydroxyl groups is 1. The van der Waals surface area contributed by atoms with E-state index in [0.29, 0.717) is 15.9 Å². The van der Waals surface area contributed by atoms with Crippen molar-refractivity contribution in [3.05, 3.63) is 16.1 Å². The smallest absolute Gasteiger partial charge is 0.147 e. The van der Waals surface area contributed by atoms with E-state index in [2.05, 4.69) is 10.3 Å². The van der Waals surface area contributed by atoms with E-state index < -0.39 is 0 Å². The maximum Gasteiger partial charge on any atom is 0.147 e. The second kappa shape index (κ2) is 5.95. The molecule has 2 rings (SSSR count). The molecular formula is C12H17Cl2N3O. The third kappa shape index (κ3) is 3.19. The number of nitrogens with zero attached hydrogens (tertiary/aromatic N) is 1. The summed E-state index contributed by atoms with van der Waals surface area (Å²) in [7, 11) is 0. The van der Waals surface area contributed by atoms with Crippen LogP contribution in [0.5, 0.6) is 0 Å². The van der Waals surface area contributed by atoms with Gasteiger partial charge >= 0.3 is 0 Å². The summed E-state index contributed by atoms with van der Waals surface area (Å²) in [5.74, 6) is 0.733. The first-order valence-corrected chi connectivity index (χ1v) is 6.89. The number of halogens is 2. The fourth-order valence-corrected chi connectivity index (χ4v) is 2.63. The number of nitrogens with one attached hydrogen (secondary N) is 1. The molecule has 0 aromatic carbocycles. The van der Waals surface area contributed by atoms with Gasteiger partial charge in [-0.15, -0.1) is 0 Å². The van der Waals surface area contributed by atoms with Crippen LogP contribution in [0.2, 0.25) is 10.0 Å². The van der Waals surface area contributed by atoms with Crippen LogP contribution in [0, 0.1) is 0 Å². The van der Waals surface area contributed by atoms with Gasteiger partial charge in [-0.3, -0.25) is 0 Å². The average molecular weight is 290 g/mol. The van der Waals surface area contributed by atoms with Crippen molar-refractivity contribution in [2.24, 2.45) is 0 Å². The molecule has 2 atom stereocenters. The van der Waals surface area contributed by atoms with Crippen LogP contribution in [0.4, 0.5) is 11.6 Å². The van der Waals surface area contributed by atoms with Crippen LogP contribution in [0.25, 0.3) is 0 Å². The van der Waals surface area contributed by atoms with Crippen LogP contribution in [-0.4, -0.2) is 22.2 Å². The summed E-state index contributed by atoms with van der Waals surface area (Å²) < 4.78 is 0. The molecule has 1 heterocycles. The molecule has 2 unspecified atom stereocenters. The fraction of sp³-hybridized carbons (Fsp3) is 0.583. The van der Waals surface area contributed by atoms with E-state index in [0.717, 1.165) is 32.1 Å². The van der Waals surface area contributed by atoms with Crippen molar-refractivity contribution in [1.82, 2.24) is 4.98 Å². The van der Waals surface area contributed by atoms with Crippen molar-refractivity contribution in [3.8, 4) is 0 Å². The van der Waals surface area contributed by atoms with Crippen LogP contribution in [0.1, 0.15) is 32.1 Å². The zero-order valence-corrected chi connectivity index (χ0v) is 11.5. The Hall–Kier alpha value is -0.710. The summed E-state index contributed by atoms with van der Waals surface area (Å²) in [6, 6.07) is 1.54. The van der Waals surface area contributed by atoms with E-state index in [1.54, 1.807) is 6.07 Å². The second-order valence-corrected chi connectivity index (χ2v) is 5.46. The zero-order chi connectivity index (χ0) is 13.1. The van der Waals surface area contributed by atoms with Gasteiger partial charge in [-0.05, 0) is 18.9 Å². The number of pyridine rings is 1. The highest BCUT2D eigenvalue weighted by molar-refractivity contribution is 6.37. The van der Waals surface area contributed by atoms with Crippen LogP contribution < -0.4 is 11.1 Å². The molecule has 0 bridgehead atoms. The van der Waals surface area contributed by atoms with Crippen molar-refractivity contribution in [3.63, 3.8) is 0 Å². The van der Waals surface area contributed by atoms with Crippen molar-refractivity contribution >= 4 is 34.8 Å². The van der Waals surface area contributed by atoms with Crippen LogP contribution >= 0.6 is 23.2 Å². The van der Waals surface area contributed by atoms with Crippen LogP contribution in [-0.2, 0) is 0 Å². The number of nitrogen functional groups attached to an aromatic ring is 1. The molecule has 0 radical (unpaired) electrons. The van der Waals surface area contributed by atoms with Gasteiger partial charge in [-0.1, -0.05) is 42.5 Å². The van der Waals surface area contributed by atoms with Crippen molar-refractivity contribution in [1.29, 1.82) is 0 Å². The minimum absolute atomic E-state index is 0.0296. The van der Waals surface area contributed by atoms with Crippen molar-refractivity contribution in [2.75, 3.05) is 11.1 Å². The molecule has 18 heavy (non-hydrogen) atoms. The summed E-state index contributed by atoms with van der Waals surface area (Å²) >= 11 is 11.9. The molecule has 0 amide bonds. The van der Waals surface area contributed by atoms with Crippen LogP contribution in [0.15, 0.2) is 6.07 Å². The maximum absolute atomic E-state index is 10.0. The Balaban J connectivity index is 2.14. The van der Waals surface area contributed by atoms with E-state index in [9.17, 15) is 5.11 Å². The Morgan fingerprint density at radius 1 is 1.22 bits per heavy atom. The van der Waals surface area contributed by atoms with E-state index in [4.69, 9.17) is 28.9 Å². The van der Waals surface area contributed by atoms with E-state index >= 15 is 0 Å². The van der Waals surface area contributed by atoms with Gasteiger partial charge in [0.2, 0.25) is 0 Å². The minimum Gasteiger partial charge on any atom is -0.391 e. The molecule has 100 valence electrons. The van der Waals surface area contributed by atoms with Gasteiger partial charge in [0.1, 0.15) is 11.6 Å². The lowest BCUT2D eigenvalue weighted by Crippen LogP contribution is -2.33. The minimum atomic E-state index is -0.373. The van der Waals surface area contributed by atoms with E-state index in [-0.39, 0.29) is 18.0 Å². The fourth-order valence-electron chi connectivity index (χ4n) is 2.21. The summed E-state index contributed by atoms with van der Waals surface area (Å²) in [5.41, 5.74) is 5.66. The molecule has 0 spiro atoms. The summed E-state index contributed by atoms with van der Waals surface area (Å²) in [6.07, 6.45) is 4.64. The summed E-state index contributed by atoms with van der Waals surface area (Å²) in [5, 5.41) is 14.0. The predicted molar refractivity (Wildman–Crippen MR) is 75.2 cm³/mol. The zero-order valence-electron chi connectivity index (χ0n) is 10.00. The standard InChI is InChI=1S/C12H17Cl2N3O/c13-7-6-8(14)12(17-11(7)15)16-9-4-2-1-3-5-10(9)18/h6,9-10,18H,1-5H2,(H3,15,16,17). The first-order chi connectivity index (χ1) is 8.58. The first kappa shape index (κ1) is 13.7. The molecule has 1 aromatic rings. The van der Waals surface area contributed by atoms with Gasteiger partial charge in [0.25, 0.3) is 0 Å². The lowest BCUT2D eigenvalue weighted by molar-refractivity contribution is 0.144. The SMILES string of the molecule is Nc1nc(NC2CCCCCC2O)c(Cl)cc1Cl. The van der Waals surface area contributed by atoms with Gasteiger partial charge in [-0.25, -0.2) is 4.98 Å². The van der Waals surface area contributed by atoms with Gasteiger partial charge in [0.05, 0.1) is 22.2 Å². The Morgan fingerprint density at radius 3 is 2.72 bits per heavy atom. The highest BCUT2D eigenvalue weighted by Gasteiger charge is 2.22. The molecule has 0 aliphatic heterocycles. The predicted octanol–water partition coefficient (Wildman–Crippen LogP) is 3.08. The third-order valence-corrected chi connectivity index (χ3v) is 3.85. The number of nitrogens with two attached hydrogens (primary N) is 1. The number of aromatic nitrogens is 1. The number of anilines is 2. The number of hydrogen-bond donors (Lipinski definition) is 3. The summed E-state index contributed by atoms with van der Waals surface area (Å²) in [4.78, 5) is 4.12. The lowest BCUT2D eigenvalue weighted by Gasteiger charge is -2.23. The van der Waals surface area contributed by atoms with E-state index in [1.165, 1.54) is 0 Å². The molecule has 6 heteroatoms. The monoisotopic (exact) mass is 289 g/mol. The van der Waals surface area contributed by atoms with Gasteiger partial charge in [0, 0.05) is 0 Å². The lowest BCUT2D eigenvalue weighted by atomic mass is 10.1. The quantitative estimate of drug-likeness (QED) is 0.732. The van der Waals surface area contributed by atoms with Gasteiger partial charge < -0.3 is 16.2 Å². The highest BCUT2D eigenvalue weighted by atomic mass is 35.5. The Labute approximate surface area is 116 Å². The van der Waals surface area contributed by atoms with Crippen molar-refractivity contribution < 1.29 is 5.11 Å². The molecule has 4 N–H and O–H groups in total. The third-order valence-electron chi connectivity index (χ3n) is 3.26. The molecule has 0 saturated heterocycles. The first-order valence-electron chi connectivity index (χ1n) is 6.14. The Morgan fingerprint density at radius 2 is 1.94 bits per heavy atom. The molecule has 1 saturated carbocycles. The molecule has 1 fully saturated rings. The summed E-state index contributed by atoms with van der Waals surface area (Å²) in [6.45, 7) is 0. The molecule has 4 nitrogen and oxygen atoms in total. The number of rotatable bonds is 2. The van der Waals surface area contributed by atoms with Crippen LogP contribution in [0.3, 0.4) is 0 Å². The maximum atomic E-state index is 10.0. The van der Waals surface area contributed by atoms with Gasteiger partial charge in [-0.2, -0.15) is 0 Å². The van der Waals surface area contributed by atoms with E-state index in [1.807, 2.05) is 0 Å². The Kier molecular flexibility index (Phi) is 4.54. The molecule has 1 aliphatic carbocycles. The average Bonchev–Trinajstić information content (AvgIpc) is 2.52. The van der Waals surface area contributed by atoms with Crippen molar-refractivity contribution in [2.45, 2.75) is 44.2 Å². The molecule has 1 aromatic heterocycles. The van der Waals surface area contributed by atoms with Gasteiger partial charge in [0.15, 0.2) is 0 Å².